The predicted molar refractivity (Wildman–Crippen MR) is 58.7 cm³/mol. The van der Waals surface area contributed by atoms with Crippen molar-refractivity contribution < 1.29 is 0 Å². The van der Waals surface area contributed by atoms with Crippen molar-refractivity contribution in [2.45, 2.75) is 12.2 Å². The molecule has 0 atom stereocenters. The van der Waals surface area contributed by atoms with Crippen LogP contribution in [0.15, 0.2) is 41.4 Å². The molecule has 1 aromatic carbocycles. The average Bonchev–Trinajstić information content (AvgIpc) is 2.19. The van der Waals surface area contributed by atoms with Crippen molar-refractivity contribution in [3.05, 3.63) is 46.9 Å². The van der Waals surface area contributed by atoms with Gasteiger partial charge in [0.25, 0.3) is 0 Å². The molecule has 0 aliphatic rings. The summed E-state index contributed by atoms with van der Waals surface area (Å²) in [5, 5.41) is 1.25. The van der Waals surface area contributed by atoms with Gasteiger partial charge in [-0.15, -0.1) is 0 Å². The van der Waals surface area contributed by atoms with E-state index < -0.39 is 0 Å². The van der Waals surface area contributed by atoms with E-state index in [4.69, 9.17) is 0 Å². The molecule has 1 rings (SSSR count). The number of hydrogen-bond acceptors (Lipinski definition) is 0. The fourth-order valence-electron chi connectivity index (χ4n) is 0.825. The van der Waals surface area contributed by atoms with Crippen molar-refractivity contribution in [1.29, 1.82) is 0 Å². The molecule has 0 N–H and O–H groups in total. The van der Waals surface area contributed by atoms with E-state index in [2.05, 4.69) is 23.7 Å². The van der Waals surface area contributed by atoms with Crippen molar-refractivity contribution in [2.24, 2.45) is 0 Å². The third kappa shape index (κ3) is 4.58. The summed E-state index contributed by atoms with van der Waals surface area (Å²) in [7, 11) is 0. The third-order valence-electron chi connectivity index (χ3n) is 1.40. The first-order valence-electron chi connectivity index (χ1n) is 4.26. The van der Waals surface area contributed by atoms with Gasteiger partial charge in [0.05, 0.1) is 0 Å². The third-order valence-corrected chi connectivity index (χ3v) is 2.79. The van der Waals surface area contributed by atoms with Gasteiger partial charge in [-0.3, -0.25) is 0 Å². The Balaban J connectivity index is 2.49. The van der Waals surface area contributed by atoms with Gasteiger partial charge in [-0.25, -0.2) is 0 Å². The maximum absolute atomic E-state index is 3.08. The van der Waals surface area contributed by atoms with Crippen molar-refractivity contribution >= 4 is 15.0 Å². The second kappa shape index (κ2) is 6.54. The summed E-state index contributed by atoms with van der Waals surface area (Å²) in [5.74, 6) is 6.10. The van der Waals surface area contributed by atoms with Gasteiger partial charge in [0.2, 0.25) is 0 Å². The Labute approximate surface area is 86.2 Å². The van der Waals surface area contributed by atoms with Crippen LogP contribution >= 0.6 is 0 Å². The monoisotopic (exact) mass is 236 g/mol. The van der Waals surface area contributed by atoms with Crippen LogP contribution in [0, 0.1) is 11.8 Å². The van der Waals surface area contributed by atoms with E-state index in [0.29, 0.717) is 15.0 Å². The van der Waals surface area contributed by atoms with Crippen LogP contribution in [0.1, 0.15) is 12.5 Å². The molecule has 0 saturated heterocycles. The fourth-order valence-corrected chi connectivity index (χ4v) is 1.57. The van der Waals surface area contributed by atoms with E-state index in [1.54, 1.807) is 0 Å². The van der Waals surface area contributed by atoms with Crippen LogP contribution in [-0.2, 0) is 0 Å². The van der Waals surface area contributed by atoms with Crippen molar-refractivity contribution in [3.63, 3.8) is 0 Å². The van der Waals surface area contributed by atoms with Crippen LogP contribution < -0.4 is 0 Å². The molecule has 66 valence electrons. The number of benzene rings is 1. The fraction of sp³-hybridized carbons (Fsp3) is 0.167. The van der Waals surface area contributed by atoms with Crippen LogP contribution in [0.5, 0.6) is 0 Å². The van der Waals surface area contributed by atoms with E-state index in [9.17, 15) is 0 Å². The maximum atomic E-state index is 3.08. The average molecular weight is 235 g/mol. The van der Waals surface area contributed by atoms with E-state index >= 15 is 0 Å². The Hall–Kier alpha value is -0.961. The number of hydrogen-bond donors (Lipinski definition) is 0. The Morgan fingerprint density at radius 3 is 2.77 bits per heavy atom. The van der Waals surface area contributed by atoms with E-state index in [0.717, 1.165) is 5.56 Å². The molecule has 0 fully saturated rings. The topological polar surface area (TPSA) is 0 Å². The molecule has 0 saturated carbocycles. The molecule has 1 heteroatoms. The quantitative estimate of drug-likeness (QED) is 0.546. The van der Waals surface area contributed by atoms with Gasteiger partial charge in [-0.05, 0) is 0 Å². The molecule has 0 aliphatic carbocycles. The standard InChI is InChI=1S/C12H12Se/c1-2-13-11-7-6-10-12-8-4-3-5-9-12/h3-5,7-9,11H,2H2,1H3/b11-7-. The summed E-state index contributed by atoms with van der Waals surface area (Å²) in [4.78, 5) is 2.17. The zero-order chi connectivity index (χ0) is 9.36. The van der Waals surface area contributed by atoms with Gasteiger partial charge >= 0.3 is 86.0 Å². The molecular formula is C12H12Se. The Morgan fingerprint density at radius 1 is 1.31 bits per heavy atom. The van der Waals surface area contributed by atoms with Crippen LogP contribution in [0.3, 0.4) is 0 Å². The summed E-state index contributed by atoms with van der Waals surface area (Å²) in [5.41, 5.74) is 1.08. The second-order valence-electron chi connectivity index (χ2n) is 2.39. The summed E-state index contributed by atoms with van der Waals surface area (Å²) < 4.78 is 0. The predicted octanol–water partition coefficient (Wildman–Crippen LogP) is 2.69. The van der Waals surface area contributed by atoms with Gasteiger partial charge in [-0.2, -0.15) is 0 Å². The van der Waals surface area contributed by atoms with Gasteiger partial charge in [0.1, 0.15) is 0 Å². The number of rotatable bonds is 2. The van der Waals surface area contributed by atoms with E-state index in [1.807, 2.05) is 36.4 Å². The normalized spacial score (nSPS) is 9.62. The SMILES string of the molecule is CC[Se]/C=C\C#Cc1ccccc1. The molecule has 0 nitrogen and oxygen atoms in total. The zero-order valence-electron chi connectivity index (χ0n) is 7.66. The molecule has 0 heterocycles. The molecule has 13 heavy (non-hydrogen) atoms. The van der Waals surface area contributed by atoms with Crippen molar-refractivity contribution in [1.82, 2.24) is 0 Å². The molecule has 0 bridgehead atoms. The van der Waals surface area contributed by atoms with Gasteiger partial charge in [0, 0.05) is 0 Å². The number of allylic oxidation sites excluding steroid dienone is 1. The minimum atomic E-state index is 0.630. The van der Waals surface area contributed by atoms with E-state index in [-0.39, 0.29) is 0 Å². The van der Waals surface area contributed by atoms with Crippen LogP contribution in [0.25, 0.3) is 0 Å². The second-order valence-corrected chi connectivity index (χ2v) is 4.88. The minimum absolute atomic E-state index is 0.630. The van der Waals surface area contributed by atoms with Gasteiger partial charge in [-0.1, -0.05) is 0 Å². The summed E-state index contributed by atoms with van der Waals surface area (Å²) in [6, 6.07) is 10.0. The van der Waals surface area contributed by atoms with E-state index in [1.165, 1.54) is 5.32 Å². The van der Waals surface area contributed by atoms with Crippen LogP contribution in [0.4, 0.5) is 0 Å². The molecule has 0 aliphatic heterocycles. The first-order valence-corrected chi connectivity index (χ1v) is 6.46. The molecule has 0 spiro atoms. The first-order chi connectivity index (χ1) is 6.43. The van der Waals surface area contributed by atoms with Crippen molar-refractivity contribution in [2.75, 3.05) is 0 Å². The molecular weight excluding hydrogens is 223 g/mol. The van der Waals surface area contributed by atoms with Gasteiger partial charge < -0.3 is 0 Å². The zero-order valence-corrected chi connectivity index (χ0v) is 9.37. The summed E-state index contributed by atoms with van der Waals surface area (Å²) >= 11 is 0.630. The molecule has 0 unspecified atom stereocenters. The summed E-state index contributed by atoms with van der Waals surface area (Å²) in [6.07, 6.45) is 1.95. The molecule has 0 aromatic heterocycles. The first kappa shape index (κ1) is 10.1. The van der Waals surface area contributed by atoms with Crippen molar-refractivity contribution in [3.8, 4) is 11.8 Å². The Morgan fingerprint density at radius 2 is 2.08 bits per heavy atom. The van der Waals surface area contributed by atoms with Gasteiger partial charge in [0.15, 0.2) is 0 Å². The Kier molecular flexibility index (Phi) is 5.10. The summed E-state index contributed by atoms with van der Waals surface area (Å²) in [6.45, 7) is 2.19. The Bertz CT molecular complexity index is 314. The molecule has 1 aromatic rings. The molecule has 0 radical (unpaired) electrons. The van der Waals surface area contributed by atoms with Crippen LogP contribution in [-0.4, -0.2) is 15.0 Å². The van der Waals surface area contributed by atoms with Crippen LogP contribution in [0.2, 0.25) is 5.32 Å². The molecule has 0 amide bonds.